The van der Waals surface area contributed by atoms with Gasteiger partial charge in [-0.05, 0) is 18.4 Å². The van der Waals surface area contributed by atoms with Crippen LogP contribution in [0.2, 0.25) is 0 Å². The lowest BCUT2D eigenvalue weighted by Crippen LogP contribution is -2.34. The van der Waals surface area contributed by atoms with Gasteiger partial charge in [-0.3, -0.25) is 14.2 Å². The number of aromatic nitrogens is 2. The first kappa shape index (κ1) is 16.2. The van der Waals surface area contributed by atoms with E-state index in [1.54, 1.807) is 6.92 Å². The number of carbonyl (C=O) groups is 2. The van der Waals surface area contributed by atoms with Gasteiger partial charge in [0.1, 0.15) is 16.3 Å². The van der Waals surface area contributed by atoms with E-state index in [1.807, 2.05) is 13.8 Å². The normalized spacial score (nSPS) is 11.1. The van der Waals surface area contributed by atoms with E-state index in [0.29, 0.717) is 22.9 Å². The number of nitrogens with one attached hydrogen (secondary N) is 1. The molecule has 2 rings (SSSR count). The van der Waals surface area contributed by atoms with Crippen molar-refractivity contribution >= 4 is 33.4 Å². The van der Waals surface area contributed by atoms with Crippen molar-refractivity contribution in [3.63, 3.8) is 0 Å². The molecule has 0 spiro atoms. The second-order valence-corrected chi connectivity index (χ2v) is 6.42. The molecule has 0 unspecified atom stereocenters. The second kappa shape index (κ2) is 6.27. The predicted molar refractivity (Wildman–Crippen MR) is 83.4 cm³/mol. The highest BCUT2D eigenvalue weighted by atomic mass is 32.1. The minimum Gasteiger partial charge on any atom is -0.477 e. The van der Waals surface area contributed by atoms with Gasteiger partial charge in [0.05, 0.1) is 11.7 Å². The number of thiophene rings is 1. The fourth-order valence-electron chi connectivity index (χ4n) is 2.00. The zero-order chi connectivity index (χ0) is 16.4. The molecule has 2 aromatic heterocycles. The molecule has 0 aliphatic carbocycles. The van der Waals surface area contributed by atoms with Gasteiger partial charge in [-0.15, -0.1) is 11.3 Å². The van der Waals surface area contributed by atoms with E-state index in [0.717, 1.165) is 11.3 Å². The van der Waals surface area contributed by atoms with Crippen molar-refractivity contribution in [3.8, 4) is 0 Å². The maximum Gasteiger partial charge on any atom is 0.346 e. The quantitative estimate of drug-likeness (QED) is 0.862. The van der Waals surface area contributed by atoms with Gasteiger partial charge in [-0.1, -0.05) is 13.8 Å². The first-order valence-electron chi connectivity index (χ1n) is 6.79. The highest BCUT2D eigenvalue weighted by Gasteiger charge is 2.19. The molecule has 22 heavy (non-hydrogen) atoms. The number of carbonyl (C=O) groups excluding carboxylic acids is 1. The number of carboxylic acid groups (broad SMARTS) is 1. The predicted octanol–water partition coefficient (Wildman–Crippen LogP) is 1.24. The molecule has 7 nitrogen and oxygen atoms in total. The molecule has 2 N–H and O–H groups in total. The van der Waals surface area contributed by atoms with E-state index >= 15 is 0 Å². The number of amides is 1. The van der Waals surface area contributed by atoms with Crippen LogP contribution in [-0.4, -0.2) is 33.1 Å². The largest absolute Gasteiger partial charge is 0.477 e. The van der Waals surface area contributed by atoms with E-state index in [9.17, 15) is 14.4 Å². The Balaban J connectivity index is 2.35. The summed E-state index contributed by atoms with van der Waals surface area (Å²) in [5, 5.41) is 12.1. The fraction of sp³-hybridized carbons (Fsp3) is 0.429. The highest BCUT2D eigenvalue weighted by Crippen LogP contribution is 2.26. The first-order valence-corrected chi connectivity index (χ1v) is 7.61. The lowest BCUT2D eigenvalue weighted by Gasteiger charge is -2.09. The van der Waals surface area contributed by atoms with Gasteiger partial charge >= 0.3 is 5.97 Å². The van der Waals surface area contributed by atoms with E-state index in [4.69, 9.17) is 5.11 Å². The van der Waals surface area contributed by atoms with Crippen LogP contribution in [0.4, 0.5) is 0 Å². The third-order valence-electron chi connectivity index (χ3n) is 3.13. The number of carboxylic acids is 1. The summed E-state index contributed by atoms with van der Waals surface area (Å²) >= 11 is 0.963. The number of hydrogen-bond acceptors (Lipinski definition) is 5. The number of hydrogen-bond donors (Lipinski definition) is 2. The van der Waals surface area contributed by atoms with Crippen molar-refractivity contribution < 1.29 is 14.7 Å². The number of aromatic carboxylic acids is 1. The summed E-state index contributed by atoms with van der Waals surface area (Å²) in [4.78, 5) is 39.9. The smallest absolute Gasteiger partial charge is 0.346 e. The Bertz CT molecular complexity index is 791. The lowest BCUT2D eigenvalue weighted by atomic mass is 10.2. The highest BCUT2D eigenvalue weighted by molar-refractivity contribution is 7.20. The Kier molecular flexibility index (Phi) is 4.60. The van der Waals surface area contributed by atoms with Gasteiger partial charge in [-0.25, -0.2) is 9.78 Å². The monoisotopic (exact) mass is 323 g/mol. The van der Waals surface area contributed by atoms with Crippen LogP contribution in [0.25, 0.3) is 10.2 Å². The molecule has 0 atom stereocenters. The number of aryl methyl sites for hydroxylation is 1. The van der Waals surface area contributed by atoms with Crippen LogP contribution >= 0.6 is 11.3 Å². The maximum absolute atomic E-state index is 12.4. The zero-order valence-electron chi connectivity index (χ0n) is 12.5. The average molecular weight is 323 g/mol. The van der Waals surface area contributed by atoms with Crippen LogP contribution in [0.1, 0.15) is 29.1 Å². The van der Waals surface area contributed by atoms with Crippen molar-refractivity contribution in [2.24, 2.45) is 5.92 Å². The molecule has 2 heterocycles. The van der Waals surface area contributed by atoms with Crippen molar-refractivity contribution in [1.82, 2.24) is 14.9 Å². The van der Waals surface area contributed by atoms with Crippen molar-refractivity contribution in [1.29, 1.82) is 0 Å². The Morgan fingerprint density at radius 2 is 2.14 bits per heavy atom. The van der Waals surface area contributed by atoms with Gasteiger partial charge in [-0.2, -0.15) is 0 Å². The summed E-state index contributed by atoms with van der Waals surface area (Å²) in [6.45, 7) is 5.93. The molecule has 0 radical (unpaired) electrons. The molecule has 0 aliphatic heterocycles. The standard InChI is InChI=1S/C14H17N3O4S/c1-7(2)4-15-9(18)5-17-6-16-12-10(13(17)19)8(3)11(22-12)14(20)21/h6-7H,4-5H2,1-3H3,(H,15,18)(H,20,21). The number of rotatable bonds is 5. The van der Waals surface area contributed by atoms with Gasteiger partial charge in [0.15, 0.2) is 0 Å². The molecule has 2 aromatic rings. The fourth-order valence-corrected chi connectivity index (χ4v) is 2.98. The molecule has 0 fully saturated rings. The third kappa shape index (κ3) is 3.16. The maximum atomic E-state index is 12.4. The zero-order valence-corrected chi connectivity index (χ0v) is 13.4. The van der Waals surface area contributed by atoms with Crippen LogP contribution in [0.5, 0.6) is 0 Å². The van der Waals surface area contributed by atoms with Gasteiger partial charge in [0, 0.05) is 6.54 Å². The molecular weight excluding hydrogens is 306 g/mol. The van der Waals surface area contributed by atoms with Crippen LogP contribution in [-0.2, 0) is 11.3 Å². The minimum atomic E-state index is -1.08. The number of fused-ring (bicyclic) bond motifs is 1. The summed E-state index contributed by atoms with van der Waals surface area (Å²) in [5.41, 5.74) is -0.00659. The van der Waals surface area contributed by atoms with Gasteiger partial charge < -0.3 is 10.4 Å². The first-order chi connectivity index (χ1) is 10.3. The van der Waals surface area contributed by atoms with Crippen LogP contribution < -0.4 is 10.9 Å². The Morgan fingerprint density at radius 3 is 2.73 bits per heavy atom. The summed E-state index contributed by atoms with van der Waals surface area (Å²) in [6.07, 6.45) is 1.28. The Morgan fingerprint density at radius 1 is 1.45 bits per heavy atom. The molecule has 8 heteroatoms. The molecule has 118 valence electrons. The Hall–Kier alpha value is -2.22. The molecular formula is C14H17N3O4S. The van der Waals surface area contributed by atoms with E-state index < -0.39 is 11.5 Å². The summed E-state index contributed by atoms with van der Waals surface area (Å²) in [7, 11) is 0. The topological polar surface area (TPSA) is 101 Å². The van der Waals surface area contributed by atoms with Crippen molar-refractivity contribution in [2.45, 2.75) is 27.3 Å². The molecule has 0 aliphatic rings. The van der Waals surface area contributed by atoms with Gasteiger partial charge in [0.2, 0.25) is 5.91 Å². The third-order valence-corrected chi connectivity index (χ3v) is 4.32. The van der Waals surface area contributed by atoms with Crippen LogP contribution in [0.15, 0.2) is 11.1 Å². The lowest BCUT2D eigenvalue weighted by molar-refractivity contribution is -0.121. The van der Waals surface area contributed by atoms with Crippen molar-refractivity contribution in [2.75, 3.05) is 6.54 Å². The molecule has 1 amide bonds. The molecule has 0 bridgehead atoms. The minimum absolute atomic E-state index is 0.0987. The number of nitrogens with zero attached hydrogens (tertiary/aromatic N) is 2. The van der Waals surface area contributed by atoms with Crippen molar-refractivity contribution in [3.05, 3.63) is 27.1 Å². The van der Waals surface area contributed by atoms with E-state index in [-0.39, 0.29) is 22.7 Å². The van der Waals surface area contributed by atoms with Crippen LogP contribution in [0.3, 0.4) is 0 Å². The summed E-state index contributed by atoms with van der Waals surface area (Å²) in [5.74, 6) is -1.04. The van der Waals surface area contributed by atoms with E-state index in [1.165, 1.54) is 10.9 Å². The SMILES string of the molecule is Cc1c(C(=O)O)sc2ncn(CC(=O)NCC(C)C)c(=O)c12. The van der Waals surface area contributed by atoms with Gasteiger partial charge in [0.25, 0.3) is 5.56 Å². The van der Waals surface area contributed by atoms with Crippen LogP contribution in [0, 0.1) is 12.8 Å². The molecule has 0 aromatic carbocycles. The second-order valence-electron chi connectivity index (χ2n) is 5.42. The molecule has 0 saturated heterocycles. The summed E-state index contributed by atoms with van der Waals surface area (Å²) < 4.78 is 1.20. The van der Waals surface area contributed by atoms with E-state index in [2.05, 4.69) is 10.3 Å². The summed E-state index contributed by atoms with van der Waals surface area (Å²) in [6, 6.07) is 0. The molecule has 0 saturated carbocycles. The Labute approximate surface area is 130 Å². The average Bonchev–Trinajstić information content (AvgIpc) is 2.78.